The quantitative estimate of drug-likeness (QED) is 0.536. The number of nitrogens with zero attached hydrogens (tertiary/aromatic N) is 2. The van der Waals surface area contributed by atoms with Crippen LogP contribution in [-0.2, 0) is 4.79 Å². The molecular weight excluding hydrogens is 320 g/mol. The highest BCUT2D eigenvalue weighted by molar-refractivity contribution is 5.73. The lowest BCUT2D eigenvalue weighted by Crippen LogP contribution is -2.56. The Morgan fingerprint density at radius 3 is 1.64 bits per heavy atom. The maximum atomic E-state index is 10.9. The first-order chi connectivity index (χ1) is 11.8. The van der Waals surface area contributed by atoms with Crippen molar-refractivity contribution in [2.24, 2.45) is 0 Å². The van der Waals surface area contributed by atoms with Crippen molar-refractivity contribution in [1.29, 1.82) is 0 Å². The number of aliphatic hydroxyl groups excluding tert-OH is 2. The van der Waals surface area contributed by atoms with Crippen LogP contribution in [0.3, 0.4) is 0 Å². The summed E-state index contributed by atoms with van der Waals surface area (Å²) in [6, 6.07) is 0. The zero-order valence-electron chi connectivity index (χ0n) is 16.5. The number of likely N-dealkylation sites (N-methyl/N-ethyl adjacent to an activating group) is 1. The number of hydrogen-bond donors (Lipinski definition) is 4. The third kappa shape index (κ3) is 7.19. The van der Waals surface area contributed by atoms with E-state index in [2.05, 4.69) is 41.5 Å². The first-order valence-electron chi connectivity index (χ1n) is 9.43. The lowest BCUT2D eigenvalue weighted by molar-refractivity contribution is -0.122. The Hall–Kier alpha value is -0.730. The Kier molecular flexibility index (Phi) is 9.30. The van der Waals surface area contributed by atoms with Crippen LogP contribution < -0.4 is 10.6 Å². The minimum Gasteiger partial charge on any atom is -0.394 e. The maximum absolute atomic E-state index is 10.9. The van der Waals surface area contributed by atoms with E-state index in [-0.39, 0.29) is 30.2 Å². The fourth-order valence-electron chi connectivity index (χ4n) is 3.55. The smallest absolute Gasteiger partial charge is 0.217 e. The van der Waals surface area contributed by atoms with Crippen molar-refractivity contribution >= 4 is 5.91 Å². The average Bonchev–Trinajstić information content (AvgIpc) is 2.60. The van der Waals surface area contributed by atoms with E-state index in [0.717, 1.165) is 58.4 Å². The van der Waals surface area contributed by atoms with Gasteiger partial charge in [0.1, 0.15) is 0 Å². The van der Waals surface area contributed by atoms with Gasteiger partial charge in [-0.05, 0) is 59.4 Å². The molecule has 25 heavy (non-hydrogen) atoms. The van der Waals surface area contributed by atoms with Crippen LogP contribution in [-0.4, -0.2) is 97.0 Å². The molecule has 1 amide bonds. The van der Waals surface area contributed by atoms with Crippen LogP contribution in [0.15, 0.2) is 0 Å². The van der Waals surface area contributed by atoms with Crippen LogP contribution in [0.2, 0.25) is 0 Å². The van der Waals surface area contributed by atoms with Crippen molar-refractivity contribution in [3.8, 4) is 0 Å². The van der Waals surface area contributed by atoms with Crippen molar-refractivity contribution in [2.75, 3.05) is 60.0 Å². The molecule has 0 atom stereocenters. The van der Waals surface area contributed by atoms with E-state index in [1.54, 1.807) is 0 Å². The van der Waals surface area contributed by atoms with Gasteiger partial charge >= 0.3 is 0 Å². The van der Waals surface area contributed by atoms with Gasteiger partial charge in [-0.15, -0.1) is 0 Å². The molecule has 7 nitrogen and oxygen atoms in total. The second-order valence-electron chi connectivity index (χ2n) is 7.69. The van der Waals surface area contributed by atoms with Gasteiger partial charge in [-0.2, -0.15) is 0 Å². The molecule has 2 saturated heterocycles. The van der Waals surface area contributed by atoms with E-state index in [9.17, 15) is 15.0 Å². The number of carbonyl (C=O) groups is 1. The molecule has 0 saturated carbocycles. The molecule has 0 aromatic heterocycles. The monoisotopic (exact) mass is 358 g/mol. The highest BCUT2D eigenvalue weighted by atomic mass is 16.3. The van der Waals surface area contributed by atoms with Crippen molar-refractivity contribution in [3.63, 3.8) is 0 Å². The molecule has 0 aromatic carbocycles. The first-order valence-corrected chi connectivity index (χ1v) is 9.43. The molecular formula is C18H38N4O3. The second kappa shape index (κ2) is 10.4. The van der Waals surface area contributed by atoms with Gasteiger partial charge in [0.25, 0.3) is 0 Å². The lowest BCUT2D eigenvalue weighted by Gasteiger charge is -2.40. The summed E-state index contributed by atoms with van der Waals surface area (Å²) in [5.74, 6) is -0.0568. The molecule has 0 radical (unpaired) electrons. The van der Waals surface area contributed by atoms with E-state index < -0.39 is 0 Å². The Bertz CT molecular complexity index is 390. The summed E-state index contributed by atoms with van der Waals surface area (Å²) < 4.78 is 0. The van der Waals surface area contributed by atoms with E-state index in [0.29, 0.717) is 0 Å². The molecule has 2 rings (SSSR count). The fraction of sp³-hybridized carbons (Fsp3) is 0.944. The van der Waals surface area contributed by atoms with Crippen molar-refractivity contribution < 1.29 is 15.0 Å². The third-order valence-corrected chi connectivity index (χ3v) is 5.49. The largest absolute Gasteiger partial charge is 0.394 e. The molecule has 148 valence electrons. The predicted molar refractivity (Wildman–Crippen MR) is 101 cm³/mol. The molecule has 4 N–H and O–H groups in total. The molecule has 0 aromatic rings. The fourth-order valence-corrected chi connectivity index (χ4v) is 3.55. The molecule has 2 heterocycles. The third-order valence-electron chi connectivity index (χ3n) is 5.49. The lowest BCUT2D eigenvalue weighted by atomic mass is 9.88. The standard InChI is InChI=1S/C9H18N2O2.C9H20N2O/c1-8(13)10-9(7-12)3-5-11(2)6-4-9;1-3-10-9(8-12)4-6-11(2)7-5-9/h12H,3-7H2,1-2H3,(H,10,13);10,12H,3-8H2,1-2H3. The number of hydrogen-bond acceptors (Lipinski definition) is 6. The summed E-state index contributed by atoms with van der Waals surface area (Å²) in [5.41, 5.74) is -0.348. The topological polar surface area (TPSA) is 88.1 Å². The summed E-state index contributed by atoms with van der Waals surface area (Å²) >= 11 is 0. The Morgan fingerprint density at radius 1 is 0.920 bits per heavy atom. The molecule has 0 bridgehead atoms. The van der Waals surface area contributed by atoms with Crippen molar-refractivity contribution in [2.45, 2.75) is 50.6 Å². The summed E-state index contributed by atoms with van der Waals surface area (Å²) in [6.45, 7) is 8.90. The van der Waals surface area contributed by atoms with Crippen LogP contribution in [0.4, 0.5) is 0 Å². The van der Waals surface area contributed by atoms with E-state index >= 15 is 0 Å². The number of rotatable bonds is 5. The van der Waals surface area contributed by atoms with Gasteiger partial charge in [-0.25, -0.2) is 0 Å². The van der Waals surface area contributed by atoms with Crippen LogP contribution >= 0.6 is 0 Å². The van der Waals surface area contributed by atoms with Gasteiger partial charge < -0.3 is 30.6 Å². The molecule has 2 aliphatic rings. The predicted octanol–water partition coefficient (Wildman–Crippen LogP) is -0.368. The number of piperidine rings is 2. The number of likely N-dealkylation sites (tertiary alicyclic amines) is 2. The number of aliphatic hydroxyl groups is 2. The molecule has 0 aliphatic carbocycles. The summed E-state index contributed by atoms with van der Waals surface area (Å²) in [7, 11) is 4.18. The van der Waals surface area contributed by atoms with Crippen molar-refractivity contribution in [1.82, 2.24) is 20.4 Å². The van der Waals surface area contributed by atoms with Crippen LogP contribution in [0.25, 0.3) is 0 Å². The Morgan fingerprint density at radius 2 is 1.32 bits per heavy atom. The zero-order chi connectivity index (χ0) is 18.9. The molecule has 0 spiro atoms. The summed E-state index contributed by atoms with van der Waals surface area (Å²) in [4.78, 5) is 15.4. The Labute approximate surface area is 152 Å². The van der Waals surface area contributed by atoms with Crippen LogP contribution in [0, 0.1) is 0 Å². The first kappa shape index (κ1) is 22.3. The van der Waals surface area contributed by atoms with Gasteiger partial charge in [0.15, 0.2) is 0 Å². The van der Waals surface area contributed by atoms with Crippen molar-refractivity contribution in [3.05, 3.63) is 0 Å². The normalized spacial score (nSPS) is 23.4. The summed E-state index contributed by atoms with van der Waals surface area (Å²) in [5, 5.41) is 24.8. The van der Waals surface area contributed by atoms with Crippen LogP contribution in [0.5, 0.6) is 0 Å². The van der Waals surface area contributed by atoms with Crippen LogP contribution in [0.1, 0.15) is 39.5 Å². The minimum absolute atomic E-state index is 0.0151. The highest BCUT2D eigenvalue weighted by Crippen LogP contribution is 2.21. The molecule has 2 fully saturated rings. The van der Waals surface area contributed by atoms with Gasteiger partial charge in [0.2, 0.25) is 5.91 Å². The highest BCUT2D eigenvalue weighted by Gasteiger charge is 2.33. The Balaban J connectivity index is 0.000000251. The van der Waals surface area contributed by atoms with E-state index in [1.807, 2.05) is 0 Å². The summed E-state index contributed by atoms with van der Waals surface area (Å²) in [6.07, 6.45) is 3.79. The zero-order valence-corrected chi connectivity index (χ0v) is 16.5. The maximum Gasteiger partial charge on any atom is 0.217 e. The molecule has 7 heteroatoms. The molecule has 0 unspecified atom stereocenters. The number of amides is 1. The SMILES string of the molecule is CC(=O)NC1(CO)CCN(C)CC1.CCNC1(CO)CCN(C)CC1. The van der Waals surface area contributed by atoms with Gasteiger partial charge in [-0.3, -0.25) is 4.79 Å². The minimum atomic E-state index is -0.363. The van der Waals surface area contributed by atoms with Gasteiger partial charge in [0.05, 0.1) is 18.8 Å². The average molecular weight is 359 g/mol. The number of nitrogens with one attached hydrogen (secondary N) is 2. The van der Waals surface area contributed by atoms with E-state index in [1.165, 1.54) is 6.92 Å². The van der Waals surface area contributed by atoms with Gasteiger partial charge in [0, 0.05) is 25.6 Å². The van der Waals surface area contributed by atoms with Gasteiger partial charge in [-0.1, -0.05) is 6.92 Å². The number of carbonyl (C=O) groups excluding carboxylic acids is 1. The van der Waals surface area contributed by atoms with E-state index in [4.69, 9.17) is 0 Å². The second-order valence-corrected chi connectivity index (χ2v) is 7.69. The molecule has 2 aliphatic heterocycles.